The molecule has 0 fully saturated rings. The first-order chi connectivity index (χ1) is 8.75. The largest absolute Gasteiger partial charge is 0.346 e. The third-order valence-electron chi connectivity index (χ3n) is 3.32. The standard InChI is InChI=1S/C16H16N2/c1-11(2)12-4-3-5-13(10-12)14-6-8-17-16-15(14)7-9-18-16/h3-11H,1-2H3,(H,17,18). The minimum atomic E-state index is 0.550. The molecule has 18 heavy (non-hydrogen) atoms. The van der Waals surface area contributed by atoms with E-state index in [1.165, 1.54) is 22.1 Å². The molecular weight excluding hydrogens is 220 g/mol. The maximum atomic E-state index is 4.33. The highest BCUT2D eigenvalue weighted by Gasteiger charge is 2.06. The van der Waals surface area contributed by atoms with E-state index in [0.717, 1.165) is 5.65 Å². The fourth-order valence-corrected chi connectivity index (χ4v) is 2.28. The minimum absolute atomic E-state index is 0.550. The number of benzene rings is 1. The van der Waals surface area contributed by atoms with Crippen molar-refractivity contribution < 1.29 is 0 Å². The summed E-state index contributed by atoms with van der Waals surface area (Å²) in [5.41, 5.74) is 4.81. The molecule has 0 aliphatic rings. The van der Waals surface area contributed by atoms with E-state index in [2.05, 4.69) is 60.2 Å². The molecule has 3 aromatic rings. The summed E-state index contributed by atoms with van der Waals surface area (Å²) in [5, 5.41) is 1.18. The highest BCUT2D eigenvalue weighted by atomic mass is 14.8. The molecule has 2 heteroatoms. The van der Waals surface area contributed by atoms with Gasteiger partial charge in [0.15, 0.2) is 0 Å². The number of nitrogens with one attached hydrogen (secondary N) is 1. The van der Waals surface area contributed by atoms with E-state index in [0.29, 0.717) is 5.92 Å². The van der Waals surface area contributed by atoms with Crippen LogP contribution < -0.4 is 0 Å². The van der Waals surface area contributed by atoms with Crippen LogP contribution in [0.3, 0.4) is 0 Å². The molecule has 0 aliphatic carbocycles. The molecule has 0 bridgehead atoms. The fourth-order valence-electron chi connectivity index (χ4n) is 2.28. The molecule has 2 nitrogen and oxygen atoms in total. The zero-order valence-corrected chi connectivity index (χ0v) is 10.6. The lowest BCUT2D eigenvalue weighted by molar-refractivity contribution is 0.867. The van der Waals surface area contributed by atoms with Crippen LogP contribution in [0.1, 0.15) is 25.3 Å². The number of hydrogen-bond donors (Lipinski definition) is 1. The Bertz CT molecular complexity index is 680. The average Bonchev–Trinajstić information content (AvgIpc) is 2.87. The van der Waals surface area contributed by atoms with Gasteiger partial charge in [-0.2, -0.15) is 0 Å². The van der Waals surface area contributed by atoms with Crippen LogP contribution in [0.4, 0.5) is 0 Å². The quantitative estimate of drug-likeness (QED) is 0.704. The predicted octanol–water partition coefficient (Wildman–Crippen LogP) is 4.35. The zero-order chi connectivity index (χ0) is 12.5. The van der Waals surface area contributed by atoms with Gasteiger partial charge in [-0.25, -0.2) is 4.98 Å². The van der Waals surface area contributed by atoms with Gasteiger partial charge in [0, 0.05) is 17.8 Å². The Kier molecular flexibility index (Phi) is 2.63. The number of fused-ring (bicyclic) bond motifs is 1. The summed E-state index contributed by atoms with van der Waals surface area (Å²) in [6, 6.07) is 12.9. The van der Waals surface area contributed by atoms with Crippen molar-refractivity contribution in [1.29, 1.82) is 0 Å². The molecule has 0 amide bonds. The molecule has 1 aromatic carbocycles. The van der Waals surface area contributed by atoms with Crippen molar-refractivity contribution in [3.63, 3.8) is 0 Å². The second-order valence-electron chi connectivity index (χ2n) is 4.88. The maximum absolute atomic E-state index is 4.33. The number of nitrogens with zero attached hydrogens (tertiary/aromatic N) is 1. The third-order valence-corrected chi connectivity index (χ3v) is 3.32. The molecule has 0 saturated heterocycles. The predicted molar refractivity (Wildman–Crippen MR) is 75.6 cm³/mol. The molecule has 1 N–H and O–H groups in total. The van der Waals surface area contributed by atoms with Crippen LogP contribution in [0, 0.1) is 0 Å². The van der Waals surface area contributed by atoms with Crippen LogP contribution >= 0.6 is 0 Å². The Morgan fingerprint density at radius 1 is 1.11 bits per heavy atom. The number of aromatic amines is 1. The summed E-state index contributed by atoms with van der Waals surface area (Å²) in [4.78, 5) is 7.49. The van der Waals surface area contributed by atoms with E-state index in [1.807, 2.05) is 12.4 Å². The van der Waals surface area contributed by atoms with Crippen LogP contribution in [-0.2, 0) is 0 Å². The molecule has 3 rings (SSSR count). The van der Waals surface area contributed by atoms with Gasteiger partial charge in [-0.3, -0.25) is 0 Å². The second kappa shape index (κ2) is 4.30. The lowest BCUT2D eigenvalue weighted by Crippen LogP contribution is -1.88. The lowest BCUT2D eigenvalue weighted by atomic mass is 9.97. The molecule has 0 saturated carbocycles. The Morgan fingerprint density at radius 3 is 2.83 bits per heavy atom. The highest BCUT2D eigenvalue weighted by Crippen LogP contribution is 2.28. The van der Waals surface area contributed by atoms with Gasteiger partial charge >= 0.3 is 0 Å². The Morgan fingerprint density at radius 2 is 2.00 bits per heavy atom. The van der Waals surface area contributed by atoms with Crippen molar-refractivity contribution in [1.82, 2.24) is 9.97 Å². The van der Waals surface area contributed by atoms with E-state index >= 15 is 0 Å². The number of rotatable bonds is 2. The maximum Gasteiger partial charge on any atom is 0.137 e. The molecule has 2 aromatic heterocycles. The molecular formula is C16H16N2. The molecule has 0 spiro atoms. The minimum Gasteiger partial charge on any atom is -0.346 e. The fraction of sp³-hybridized carbons (Fsp3) is 0.188. The van der Waals surface area contributed by atoms with Gasteiger partial charge in [-0.1, -0.05) is 38.1 Å². The normalized spacial score (nSPS) is 11.3. The van der Waals surface area contributed by atoms with Crippen LogP contribution in [0.5, 0.6) is 0 Å². The van der Waals surface area contributed by atoms with E-state index in [1.54, 1.807) is 0 Å². The summed E-state index contributed by atoms with van der Waals surface area (Å²) < 4.78 is 0. The zero-order valence-electron chi connectivity index (χ0n) is 10.6. The Hall–Kier alpha value is -2.09. The van der Waals surface area contributed by atoms with Crippen molar-refractivity contribution in [3.8, 4) is 11.1 Å². The van der Waals surface area contributed by atoms with E-state index in [4.69, 9.17) is 0 Å². The first kappa shape index (κ1) is 11.0. The summed E-state index contributed by atoms with van der Waals surface area (Å²) in [6.45, 7) is 4.44. The molecule has 0 atom stereocenters. The van der Waals surface area contributed by atoms with Crippen molar-refractivity contribution in [2.75, 3.05) is 0 Å². The van der Waals surface area contributed by atoms with Gasteiger partial charge < -0.3 is 4.98 Å². The van der Waals surface area contributed by atoms with Gasteiger partial charge in [0.2, 0.25) is 0 Å². The van der Waals surface area contributed by atoms with Crippen LogP contribution in [-0.4, -0.2) is 9.97 Å². The highest BCUT2D eigenvalue weighted by molar-refractivity contribution is 5.92. The number of hydrogen-bond acceptors (Lipinski definition) is 1. The van der Waals surface area contributed by atoms with Crippen LogP contribution in [0.25, 0.3) is 22.2 Å². The lowest BCUT2D eigenvalue weighted by Gasteiger charge is -2.09. The van der Waals surface area contributed by atoms with Crippen molar-refractivity contribution in [2.45, 2.75) is 19.8 Å². The summed E-state index contributed by atoms with van der Waals surface area (Å²) in [6.07, 6.45) is 3.80. The molecule has 0 radical (unpaired) electrons. The van der Waals surface area contributed by atoms with Gasteiger partial charge in [0.05, 0.1) is 0 Å². The monoisotopic (exact) mass is 236 g/mol. The van der Waals surface area contributed by atoms with E-state index < -0.39 is 0 Å². The third kappa shape index (κ3) is 1.80. The smallest absolute Gasteiger partial charge is 0.137 e. The summed E-state index contributed by atoms with van der Waals surface area (Å²) >= 11 is 0. The Labute approximate surface area is 107 Å². The number of aromatic nitrogens is 2. The molecule has 2 heterocycles. The molecule has 0 aliphatic heterocycles. The van der Waals surface area contributed by atoms with Crippen LogP contribution in [0.2, 0.25) is 0 Å². The van der Waals surface area contributed by atoms with E-state index in [-0.39, 0.29) is 0 Å². The number of H-pyrrole nitrogens is 1. The topological polar surface area (TPSA) is 28.7 Å². The van der Waals surface area contributed by atoms with Gasteiger partial charge in [0.25, 0.3) is 0 Å². The first-order valence-electron chi connectivity index (χ1n) is 6.28. The number of pyridine rings is 1. The van der Waals surface area contributed by atoms with Gasteiger partial charge in [0.1, 0.15) is 5.65 Å². The summed E-state index contributed by atoms with van der Waals surface area (Å²) in [7, 11) is 0. The molecule has 0 unspecified atom stereocenters. The second-order valence-corrected chi connectivity index (χ2v) is 4.88. The average molecular weight is 236 g/mol. The van der Waals surface area contributed by atoms with Crippen molar-refractivity contribution in [2.24, 2.45) is 0 Å². The SMILES string of the molecule is CC(C)c1cccc(-c2ccnc3[nH]ccc23)c1. The van der Waals surface area contributed by atoms with Crippen molar-refractivity contribution in [3.05, 3.63) is 54.4 Å². The Balaban J connectivity index is 2.20. The van der Waals surface area contributed by atoms with Crippen molar-refractivity contribution >= 4 is 11.0 Å². The van der Waals surface area contributed by atoms with Gasteiger partial charge in [-0.15, -0.1) is 0 Å². The first-order valence-corrected chi connectivity index (χ1v) is 6.28. The van der Waals surface area contributed by atoms with Crippen LogP contribution in [0.15, 0.2) is 48.8 Å². The van der Waals surface area contributed by atoms with E-state index in [9.17, 15) is 0 Å². The molecule has 90 valence electrons. The summed E-state index contributed by atoms with van der Waals surface area (Å²) in [5.74, 6) is 0.550. The van der Waals surface area contributed by atoms with Gasteiger partial charge in [-0.05, 0) is 34.7 Å².